The highest BCUT2D eigenvalue weighted by Gasteiger charge is 2.29. The first kappa shape index (κ1) is 14.5. The summed E-state index contributed by atoms with van der Waals surface area (Å²) in [5, 5.41) is 8.05. The standard InChI is InChI=1S/C13H11N3O5/c14-9-6-7-12(19)16(9)21-13(20)5-2-8-15-10(17)3-1-4-11(15)18/h2,5,14H,3,6-8H2/b5-2+,14-9?. The summed E-state index contributed by atoms with van der Waals surface area (Å²) in [5.41, 5.74) is 0. The van der Waals surface area contributed by atoms with Crippen LogP contribution in [0.3, 0.4) is 0 Å². The van der Waals surface area contributed by atoms with Gasteiger partial charge in [0.2, 0.25) is 5.91 Å². The molecule has 108 valence electrons. The minimum atomic E-state index is -0.863. The van der Waals surface area contributed by atoms with Gasteiger partial charge in [0.15, 0.2) is 0 Å². The highest BCUT2D eigenvalue weighted by atomic mass is 16.7. The third-order valence-electron chi connectivity index (χ3n) is 2.75. The number of nitrogens with zero attached hydrogens (tertiary/aromatic N) is 2. The molecule has 0 bridgehead atoms. The van der Waals surface area contributed by atoms with Crippen molar-refractivity contribution < 1.29 is 24.0 Å². The van der Waals surface area contributed by atoms with Crippen molar-refractivity contribution in [1.82, 2.24) is 9.96 Å². The van der Waals surface area contributed by atoms with Crippen LogP contribution in [0.25, 0.3) is 0 Å². The Labute approximate surface area is 119 Å². The monoisotopic (exact) mass is 289 g/mol. The Morgan fingerprint density at radius 2 is 2.05 bits per heavy atom. The maximum absolute atomic E-state index is 11.5. The van der Waals surface area contributed by atoms with Crippen LogP contribution in [0.15, 0.2) is 12.2 Å². The van der Waals surface area contributed by atoms with E-state index in [9.17, 15) is 19.2 Å². The molecule has 0 atom stereocenters. The van der Waals surface area contributed by atoms with Crippen LogP contribution in [0, 0.1) is 17.3 Å². The Kier molecular flexibility index (Phi) is 4.13. The SMILES string of the molecule is N=C1CCC(=O)N1OC(=O)/C=C/CN1C(=O)C#CCC1=O. The van der Waals surface area contributed by atoms with Crippen LogP contribution in [-0.4, -0.2) is 46.0 Å². The molecular formula is C13H11N3O5. The van der Waals surface area contributed by atoms with Crippen LogP contribution in [0.5, 0.6) is 0 Å². The zero-order valence-electron chi connectivity index (χ0n) is 10.9. The van der Waals surface area contributed by atoms with Crippen LogP contribution in [0.2, 0.25) is 0 Å². The Bertz CT molecular complexity index is 609. The van der Waals surface area contributed by atoms with E-state index in [1.165, 1.54) is 6.08 Å². The summed E-state index contributed by atoms with van der Waals surface area (Å²) in [4.78, 5) is 51.1. The molecule has 0 aromatic heterocycles. The van der Waals surface area contributed by atoms with Gasteiger partial charge in [-0.15, -0.1) is 5.06 Å². The molecule has 1 saturated heterocycles. The quantitative estimate of drug-likeness (QED) is 0.421. The second kappa shape index (κ2) is 6.00. The lowest BCUT2D eigenvalue weighted by Gasteiger charge is -2.17. The predicted molar refractivity (Wildman–Crippen MR) is 68.2 cm³/mol. The maximum atomic E-state index is 11.5. The number of hydrogen-bond donors (Lipinski definition) is 1. The predicted octanol–water partition coefficient (Wildman–Crippen LogP) is -0.637. The fourth-order valence-electron chi connectivity index (χ4n) is 1.72. The second-order valence-corrected chi connectivity index (χ2v) is 4.24. The van der Waals surface area contributed by atoms with E-state index in [0.29, 0.717) is 5.06 Å². The molecule has 2 aliphatic rings. The zero-order valence-corrected chi connectivity index (χ0v) is 10.9. The number of hydroxylamine groups is 2. The summed E-state index contributed by atoms with van der Waals surface area (Å²) in [7, 11) is 0. The van der Waals surface area contributed by atoms with Crippen LogP contribution in [0.1, 0.15) is 19.3 Å². The summed E-state index contributed by atoms with van der Waals surface area (Å²) in [5.74, 6) is 2.18. The third kappa shape index (κ3) is 3.33. The molecule has 8 heteroatoms. The lowest BCUT2D eigenvalue weighted by Crippen LogP contribution is -2.38. The highest BCUT2D eigenvalue weighted by molar-refractivity contribution is 6.08. The molecule has 21 heavy (non-hydrogen) atoms. The number of amidine groups is 1. The van der Waals surface area contributed by atoms with Gasteiger partial charge in [-0.05, 0) is 5.92 Å². The van der Waals surface area contributed by atoms with Gasteiger partial charge in [0.1, 0.15) is 5.84 Å². The van der Waals surface area contributed by atoms with E-state index in [4.69, 9.17) is 10.2 Å². The van der Waals surface area contributed by atoms with Gasteiger partial charge in [0, 0.05) is 25.5 Å². The van der Waals surface area contributed by atoms with Crippen molar-refractivity contribution in [2.45, 2.75) is 19.3 Å². The van der Waals surface area contributed by atoms with Gasteiger partial charge in [-0.25, -0.2) is 4.79 Å². The minimum Gasteiger partial charge on any atom is -0.327 e. The van der Waals surface area contributed by atoms with E-state index in [1.54, 1.807) is 0 Å². The van der Waals surface area contributed by atoms with Crippen molar-refractivity contribution in [3.05, 3.63) is 12.2 Å². The fourth-order valence-corrected chi connectivity index (χ4v) is 1.72. The van der Waals surface area contributed by atoms with Gasteiger partial charge >= 0.3 is 11.9 Å². The van der Waals surface area contributed by atoms with Crippen molar-refractivity contribution in [2.75, 3.05) is 6.54 Å². The zero-order chi connectivity index (χ0) is 15.4. The number of nitrogens with one attached hydrogen (secondary N) is 1. The molecule has 0 aromatic rings. The lowest BCUT2D eigenvalue weighted by molar-refractivity contribution is -0.175. The molecule has 0 spiro atoms. The van der Waals surface area contributed by atoms with E-state index in [1.807, 2.05) is 0 Å². The normalized spacial score (nSPS) is 18.3. The van der Waals surface area contributed by atoms with Crippen LogP contribution < -0.4 is 0 Å². The van der Waals surface area contributed by atoms with Gasteiger partial charge in [0.05, 0.1) is 6.42 Å². The topological polar surface area (TPSA) is 108 Å². The molecule has 1 N–H and O–H groups in total. The third-order valence-corrected chi connectivity index (χ3v) is 2.75. The molecule has 0 unspecified atom stereocenters. The molecule has 2 rings (SSSR count). The Balaban J connectivity index is 1.87. The van der Waals surface area contributed by atoms with Gasteiger partial charge in [-0.1, -0.05) is 12.0 Å². The summed E-state index contributed by atoms with van der Waals surface area (Å²) >= 11 is 0. The molecule has 8 nitrogen and oxygen atoms in total. The van der Waals surface area contributed by atoms with Crippen LogP contribution in [-0.2, 0) is 24.0 Å². The maximum Gasteiger partial charge on any atom is 0.356 e. The Hall–Kier alpha value is -2.95. The Morgan fingerprint density at radius 3 is 2.67 bits per heavy atom. The average Bonchev–Trinajstić information content (AvgIpc) is 2.74. The molecule has 2 aliphatic heterocycles. The van der Waals surface area contributed by atoms with Gasteiger partial charge in [-0.3, -0.25) is 24.7 Å². The first-order valence-corrected chi connectivity index (χ1v) is 6.11. The number of imide groups is 1. The lowest BCUT2D eigenvalue weighted by atomic mass is 10.2. The van der Waals surface area contributed by atoms with Crippen molar-refractivity contribution in [1.29, 1.82) is 5.41 Å². The van der Waals surface area contributed by atoms with E-state index >= 15 is 0 Å². The van der Waals surface area contributed by atoms with E-state index in [-0.39, 0.29) is 31.6 Å². The van der Waals surface area contributed by atoms with Crippen molar-refractivity contribution in [3.63, 3.8) is 0 Å². The van der Waals surface area contributed by atoms with Crippen molar-refractivity contribution >= 4 is 29.5 Å². The summed E-state index contributed by atoms with van der Waals surface area (Å²) in [6.45, 7) is -0.104. The van der Waals surface area contributed by atoms with E-state index in [2.05, 4.69) is 11.8 Å². The number of hydrogen-bond acceptors (Lipinski definition) is 6. The fraction of sp³-hybridized carbons (Fsp3) is 0.308. The molecule has 3 amide bonds. The molecule has 2 heterocycles. The first-order valence-electron chi connectivity index (χ1n) is 6.11. The number of carbonyl (C=O) groups is 4. The average molecular weight is 289 g/mol. The molecule has 1 fully saturated rings. The largest absolute Gasteiger partial charge is 0.356 e. The van der Waals surface area contributed by atoms with Crippen LogP contribution in [0.4, 0.5) is 0 Å². The summed E-state index contributed by atoms with van der Waals surface area (Å²) in [6.07, 6.45) is 2.57. The van der Waals surface area contributed by atoms with Crippen molar-refractivity contribution in [3.8, 4) is 11.8 Å². The molecular weight excluding hydrogens is 278 g/mol. The second-order valence-electron chi connectivity index (χ2n) is 4.24. The molecule has 0 aromatic carbocycles. The molecule has 0 aliphatic carbocycles. The minimum absolute atomic E-state index is 0.0382. The van der Waals surface area contributed by atoms with Gasteiger partial charge < -0.3 is 4.84 Å². The smallest absolute Gasteiger partial charge is 0.327 e. The first-order chi connectivity index (χ1) is 9.99. The van der Waals surface area contributed by atoms with E-state index in [0.717, 1.165) is 11.0 Å². The number of carbonyl (C=O) groups excluding carboxylic acids is 4. The number of rotatable bonds is 4. The van der Waals surface area contributed by atoms with Gasteiger partial charge in [0.25, 0.3) is 5.91 Å². The van der Waals surface area contributed by atoms with Crippen molar-refractivity contribution in [2.24, 2.45) is 0 Å². The van der Waals surface area contributed by atoms with Gasteiger partial charge in [-0.2, -0.15) is 0 Å². The van der Waals surface area contributed by atoms with Crippen LogP contribution >= 0.6 is 0 Å². The highest BCUT2D eigenvalue weighted by Crippen LogP contribution is 2.12. The molecule has 0 saturated carbocycles. The molecule has 0 radical (unpaired) electrons. The summed E-state index contributed by atoms with van der Waals surface area (Å²) in [6, 6.07) is 0. The number of amides is 3. The summed E-state index contributed by atoms with van der Waals surface area (Å²) < 4.78 is 0. The Morgan fingerprint density at radius 1 is 1.29 bits per heavy atom. The van der Waals surface area contributed by atoms with E-state index < -0.39 is 23.7 Å².